The minimum absolute atomic E-state index is 0.323. The first-order chi connectivity index (χ1) is 11.1. The van der Waals surface area contributed by atoms with Crippen molar-refractivity contribution in [3.8, 4) is 5.69 Å². The van der Waals surface area contributed by atoms with Crippen LogP contribution in [0.4, 0.5) is 5.82 Å². The molecule has 1 N–H and O–H groups in total. The van der Waals surface area contributed by atoms with Gasteiger partial charge in [-0.05, 0) is 32.1 Å². The van der Waals surface area contributed by atoms with E-state index in [0.717, 1.165) is 11.3 Å². The molecule has 2 rings (SSSR count). The van der Waals surface area contributed by atoms with Crippen LogP contribution in [-0.4, -0.2) is 30.0 Å². The highest BCUT2D eigenvalue weighted by Crippen LogP contribution is 2.50. The first-order valence-corrected chi connectivity index (χ1v) is 9.14. The molecule has 0 saturated heterocycles. The second-order valence-corrected chi connectivity index (χ2v) is 6.55. The summed E-state index contributed by atoms with van der Waals surface area (Å²) in [6.45, 7) is 4.21. The fourth-order valence-corrected chi connectivity index (χ4v) is 3.38. The van der Waals surface area contributed by atoms with E-state index >= 15 is 0 Å². The quantitative estimate of drug-likeness (QED) is 0.734. The summed E-state index contributed by atoms with van der Waals surface area (Å²) in [7, 11) is -1.43. The molecule has 6 nitrogen and oxygen atoms in total. The maximum Gasteiger partial charge on any atom is 0.354 e. The minimum Gasteiger partial charge on any atom is -0.371 e. The number of anilines is 1. The Labute approximate surface area is 136 Å². The topological polar surface area (TPSA) is 65.4 Å². The maximum absolute atomic E-state index is 12.5. The largest absolute Gasteiger partial charge is 0.371 e. The Kier molecular flexibility index (Phi) is 6.16. The highest BCUT2D eigenvalue weighted by atomic mass is 31.2. The van der Waals surface area contributed by atoms with E-state index in [0.29, 0.717) is 19.0 Å². The first-order valence-electron chi connectivity index (χ1n) is 7.52. The highest BCUT2D eigenvalue weighted by molar-refractivity contribution is 7.57. The van der Waals surface area contributed by atoms with E-state index in [1.54, 1.807) is 31.7 Å². The predicted octanol–water partition coefficient (Wildman–Crippen LogP) is 4.15. The number of benzene rings is 1. The van der Waals surface area contributed by atoms with Crippen molar-refractivity contribution >= 4 is 19.5 Å². The van der Waals surface area contributed by atoms with Gasteiger partial charge in [0, 0.05) is 24.6 Å². The molecule has 124 valence electrons. The van der Waals surface area contributed by atoms with Crippen molar-refractivity contribution in [3.05, 3.63) is 47.9 Å². The molecule has 0 bridgehead atoms. The van der Waals surface area contributed by atoms with Gasteiger partial charge in [0.2, 0.25) is 0 Å². The number of hydrogen-bond acceptors (Lipinski definition) is 5. The molecule has 0 aliphatic heterocycles. The molecule has 0 aliphatic carbocycles. The summed E-state index contributed by atoms with van der Waals surface area (Å²) in [5.74, 6) is 2.16. The summed E-state index contributed by atoms with van der Waals surface area (Å²) in [6, 6.07) is 9.78. The Morgan fingerprint density at radius 1 is 1.22 bits per heavy atom. The number of para-hydroxylation sites is 1. The third-order valence-electron chi connectivity index (χ3n) is 3.05. The molecule has 0 unspecified atom stereocenters. The molecule has 2 aromatic rings. The molecule has 0 aliphatic rings. The van der Waals surface area contributed by atoms with Gasteiger partial charge in [-0.3, -0.25) is 4.57 Å². The predicted molar refractivity (Wildman–Crippen MR) is 93.0 cm³/mol. The zero-order valence-electron chi connectivity index (χ0n) is 13.6. The second kappa shape index (κ2) is 8.11. The SMILES string of the molecule is CCOP(=O)(C=Cc1cn(-c2ccccc2)nc1NC)OCC. The van der Waals surface area contributed by atoms with E-state index in [4.69, 9.17) is 9.05 Å². The van der Waals surface area contributed by atoms with Crippen LogP contribution >= 0.6 is 7.60 Å². The van der Waals surface area contributed by atoms with Gasteiger partial charge in [0.1, 0.15) is 0 Å². The molecular formula is C16H22N3O3P. The van der Waals surface area contributed by atoms with E-state index in [2.05, 4.69) is 10.4 Å². The number of nitrogens with zero attached hydrogens (tertiary/aromatic N) is 2. The van der Waals surface area contributed by atoms with Gasteiger partial charge in [-0.15, -0.1) is 5.10 Å². The smallest absolute Gasteiger partial charge is 0.354 e. The van der Waals surface area contributed by atoms with Crippen molar-refractivity contribution in [1.82, 2.24) is 9.78 Å². The Morgan fingerprint density at radius 2 is 1.87 bits per heavy atom. The maximum atomic E-state index is 12.5. The molecular weight excluding hydrogens is 313 g/mol. The van der Waals surface area contributed by atoms with Gasteiger partial charge in [0.05, 0.1) is 18.9 Å². The van der Waals surface area contributed by atoms with Gasteiger partial charge in [0.15, 0.2) is 5.82 Å². The first kappa shape index (κ1) is 17.5. The minimum atomic E-state index is -3.22. The van der Waals surface area contributed by atoms with Crippen LogP contribution in [0.1, 0.15) is 19.4 Å². The summed E-state index contributed by atoms with van der Waals surface area (Å²) < 4.78 is 24.8. The van der Waals surface area contributed by atoms with Crippen LogP contribution in [0.15, 0.2) is 42.3 Å². The average Bonchev–Trinajstić information content (AvgIpc) is 2.98. The van der Waals surface area contributed by atoms with Gasteiger partial charge in [0.25, 0.3) is 0 Å². The van der Waals surface area contributed by atoms with Gasteiger partial charge >= 0.3 is 7.60 Å². The van der Waals surface area contributed by atoms with Gasteiger partial charge in [-0.25, -0.2) is 4.68 Å². The van der Waals surface area contributed by atoms with Crippen LogP contribution in [0.3, 0.4) is 0 Å². The third-order valence-corrected chi connectivity index (χ3v) is 4.81. The van der Waals surface area contributed by atoms with Crippen molar-refractivity contribution < 1.29 is 13.6 Å². The molecule has 1 heterocycles. The Bertz CT molecular complexity index is 688. The van der Waals surface area contributed by atoms with Gasteiger partial charge in [-0.1, -0.05) is 18.2 Å². The Morgan fingerprint density at radius 3 is 2.43 bits per heavy atom. The van der Waals surface area contributed by atoms with Crippen LogP contribution in [0, 0.1) is 0 Å². The fraction of sp³-hybridized carbons (Fsp3) is 0.312. The summed E-state index contributed by atoms with van der Waals surface area (Å²) in [5, 5.41) is 7.51. The lowest BCUT2D eigenvalue weighted by atomic mass is 10.3. The van der Waals surface area contributed by atoms with Crippen molar-refractivity contribution in [2.75, 3.05) is 25.6 Å². The molecule has 23 heavy (non-hydrogen) atoms. The van der Waals surface area contributed by atoms with E-state index in [9.17, 15) is 4.57 Å². The fourth-order valence-electron chi connectivity index (χ4n) is 2.07. The van der Waals surface area contributed by atoms with Crippen LogP contribution in [0.2, 0.25) is 0 Å². The highest BCUT2D eigenvalue weighted by Gasteiger charge is 2.19. The monoisotopic (exact) mass is 335 g/mol. The van der Waals surface area contributed by atoms with Crippen LogP contribution in [0.5, 0.6) is 0 Å². The van der Waals surface area contributed by atoms with E-state index in [1.807, 2.05) is 36.5 Å². The lowest BCUT2D eigenvalue weighted by molar-refractivity contribution is 0.229. The Hall–Kier alpha value is -1.88. The zero-order valence-corrected chi connectivity index (χ0v) is 14.5. The zero-order chi connectivity index (χ0) is 16.7. The Balaban J connectivity index is 2.30. The van der Waals surface area contributed by atoms with E-state index < -0.39 is 7.60 Å². The van der Waals surface area contributed by atoms with Crippen molar-refractivity contribution in [2.45, 2.75) is 13.8 Å². The van der Waals surface area contributed by atoms with Gasteiger partial charge < -0.3 is 14.4 Å². The molecule has 0 fully saturated rings. The summed E-state index contributed by atoms with van der Waals surface area (Å²) >= 11 is 0. The van der Waals surface area contributed by atoms with E-state index in [-0.39, 0.29) is 0 Å². The lowest BCUT2D eigenvalue weighted by Gasteiger charge is -2.12. The lowest BCUT2D eigenvalue weighted by Crippen LogP contribution is -1.96. The summed E-state index contributed by atoms with van der Waals surface area (Å²) in [6.07, 6.45) is 3.57. The average molecular weight is 335 g/mol. The van der Waals surface area contributed by atoms with Crippen molar-refractivity contribution in [1.29, 1.82) is 0 Å². The molecule has 7 heteroatoms. The van der Waals surface area contributed by atoms with Gasteiger partial charge in [-0.2, -0.15) is 0 Å². The number of rotatable bonds is 8. The van der Waals surface area contributed by atoms with Crippen molar-refractivity contribution in [2.24, 2.45) is 0 Å². The third kappa shape index (κ3) is 4.55. The normalized spacial score (nSPS) is 12.0. The number of aromatic nitrogens is 2. The molecule has 0 spiro atoms. The molecule has 0 amide bonds. The number of hydrogen-bond donors (Lipinski definition) is 1. The second-order valence-electron chi connectivity index (χ2n) is 4.65. The standard InChI is InChI=1S/C16H22N3O3P/c1-4-21-23(20,22-5-2)12-11-14-13-19(18-16(14)17-3)15-9-7-6-8-10-15/h6-13H,4-5H2,1-3H3,(H,17,18). The van der Waals surface area contributed by atoms with Crippen LogP contribution in [-0.2, 0) is 13.6 Å². The molecule has 0 saturated carbocycles. The molecule has 1 aromatic carbocycles. The molecule has 0 atom stereocenters. The molecule has 1 aromatic heterocycles. The summed E-state index contributed by atoms with van der Waals surface area (Å²) in [4.78, 5) is 0. The van der Waals surface area contributed by atoms with Crippen LogP contribution in [0.25, 0.3) is 11.8 Å². The summed E-state index contributed by atoms with van der Waals surface area (Å²) in [5.41, 5.74) is 1.75. The van der Waals surface area contributed by atoms with E-state index in [1.165, 1.54) is 5.82 Å². The van der Waals surface area contributed by atoms with Crippen LogP contribution < -0.4 is 5.32 Å². The van der Waals surface area contributed by atoms with Crippen molar-refractivity contribution in [3.63, 3.8) is 0 Å². The number of nitrogens with one attached hydrogen (secondary N) is 1. The molecule has 0 radical (unpaired) electrons.